The van der Waals surface area contributed by atoms with Crippen LogP contribution in [0.5, 0.6) is 0 Å². The molecular formula is C12H16N2O. The number of nitrogens with one attached hydrogen (secondary N) is 1. The molecule has 15 heavy (non-hydrogen) atoms. The van der Waals surface area contributed by atoms with Crippen molar-refractivity contribution in [2.45, 2.75) is 6.92 Å². The van der Waals surface area contributed by atoms with Gasteiger partial charge in [-0.05, 0) is 18.6 Å². The monoisotopic (exact) mass is 204 g/mol. The fourth-order valence-electron chi connectivity index (χ4n) is 1.20. The highest BCUT2D eigenvalue weighted by Crippen LogP contribution is 2.05. The van der Waals surface area contributed by atoms with E-state index in [1.165, 1.54) is 11.6 Å². The molecule has 1 aromatic rings. The first kappa shape index (κ1) is 11.5. The van der Waals surface area contributed by atoms with Crippen molar-refractivity contribution in [1.82, 2.24) is 10.4 Å². The number of benzene rings is 1. The van der Waals surface area contributed by atoms with Gasteiger partial charge in [-0.15, -0.1) is 0 Å². The van der Waals surface area contributed by atoms with Crippen molar-refractivity contribution in [3.8, 4) is 0 Å². The predicted molar refractivity (Wildman–Crippen MR) is 62.0 cm³/mol. The maximum atomic E-state index is 11.3. The first-order chi connectivity index (χ1) is 7.08. The third kappa shape index (κ3) is 4.42. The van der Waals surface area contributed by atoms with Gasteiger partial charge in [-0.2, -0.15) is 0 Å². The van der Waals surface area contributed by atoms with Gasteiger partial charge in [0.2, 0.25) is 0 Å². The molecule has 0 aliphatic carbocycles. The van der Waals surface area contributed by atoms with E-state index in [0.717, 1.165) is 5.56 Å². The van der Waals surface area contributed by atoms with Crippen LogP contribution in [0.3, 0.4) is 0 Å². The van der Waals surface area contributed by atoms with Gasteiger partial charge in [-0.25, -0.2) is 5.01 Å². The SMILES string of the molecule is Cc1cccc(/C=C/C(=O)NN(C)C)c1. The van der Waals surface area contributed by atoms with E-state index in [1.807, 2.05) is 31.2 Å². The molecular weight excluding hydrogens is 188 g/mol. The van der Waals surface area contributed by atoms with Crippen molar-refractivity contribution < 1.29 is 4.79 Å². The lowest BCUT2D eigenvalue weighted by Crippen LogP contribution is -2.34. The third-order valence-electron chi connectivity index (χ3n) is 1.80. The van der Waals surface area contributed by atoms with Gasteiger partial charge in [-0.1, -0.05) is 29.8 Å². The van der Waals surface area contributed by atoms with E-state index in [9.17, 15) is 4.79 Å². The molecule has 0 radical (unpaired) electrons. The molecule has 0 saturated carbocycles. The van der Waals surface area contributed by atoms with E-state index in [2.05, 4.69) is 5.43 Å². The molecule has 1 N–H and O–H groups in total. The first-order valence-electron chi connectivity index (χ1n) is 4.80. The lowest BCUT2D eigenvalue weighted by atomic mass is 10.1. The van der Waals surface area contributed by atoms with Crippen molar-refractivity contribution in [2.24, 2.45) is 0 Å². The number of aryl methyl sites for hydroxylation is 1. The highest BCUT2D eigenvalue weighted by atomic mass is 16.2. The van der Waals surface area contributed by atoms with Crippen LogP contribution >= 0.6 is 0 Å². The second-order valence-electron chi connectivity index (χ2n) is 3.62. The molecule has 0 saturated heterocycles. The zero-order chi connectivity index (χ0) is 11.3. The van der Waals surface area contributed by atoms with Gasteiger partial charge in [0, 0.05) is 20.2 Å². The van der Waals surface area contributed by atoms with Crippen molar-refractivity contribution in [3.05, 3.63) is 41.5 Å². The summed E-state index contributed by atoms with van der Waals surface area (Å²) < 4.78 is 0. The van der Waals surface area contributed by atoms with Crippen LogP contribution in [0.4, 0.5) is 0 Å². The maximum absolute atomic E-state index is 11.3. The molecule has 0 aromatic heterocycles. The van der Waals surface area contributed by atoms with E-state index in [4.69, 9.17) is 0 Å². The summed E-state index contributed by atoms with van der Waals surface area (Å²) >= 11 is 0. The molecule has 1 amide bonds. The van der Waals surface area contributed by atoms with Crippen LogP contribution in [0.25, 0.3) is 6.08 Å². The van der Waals surface area contributed by atoms with Crippen LogP contribution in [0, 0.1) is 6.92 Å². The Balaban J connectivity index is 2.61. The number of nitrogens with zero attached hydrogens (tertiary/aromatic N) is 1. The van der Waals surface area contributed by atoms with Gasteiger partial charge in [-0.3, -0.25) is 10.2 Å². The molecule has 1 rings (SSSR count). The summed E-state index contributed by atoms with van der Waals surface area (Å²) in [6.07, 6.45) is 3.32. The minimum atomic E-state index is -0.124. The van der Waals surface area contributed by atoms with E-state index in [0.29, 0.717) is 0 Å². The van der Waals surface area contributed by atoms with Crippen LogP contribution in [0.15, 0.2) is 30.3 Å². The zero-order valence-electron chi connectivity index (χ0n) is 9.32. The number of carbonyl (C=O) groups excluding carboxylic acids is 1. The quantitative estimate of drug-likeness (QED) is 0.599. The Bertz CT molecular complexity index is 370. The highest BCUT2D eigenvalue weighted by Gasteiger charge is 1.95. The number of hydrogen-bond donors (Lipinski definition) is 1. The number of hydrazine groups is 1. The molecule has 1 aromatic carbocycles. The van der Waals surface area contributed by atoms with Crippen molar-refractivity contribution in [1.29, 1.82) is 0 Å². The Hall–Kier alpha value is -1.61. The zero-order valence-corrected chi connectivity index (χ0v) is 9.32. The second-order valence-corrected chi connectivity index (χ2v) is 3.62. The van der Waals surface area contributed by atoms with Crippen LogP contribution in [-0.4, -0.2) is 25.0 Å². The van der Waals surface area contributed by atoms with E-state index in [-0.39, 0.29) is 5.91 Å². The lowest BCUT2D eigenvalue weighted by molar-refractivity contribution is -0.119. The number of carbonyl (C=O) groups is 1. The Morgan fingerprint density at radius 1 is 1.40 bits per heavy atom. The molecule has 0 aliphatic rings. The van der Waals surface area contributed by atoms with Gasteiger partial charge < -0.3 is 0 Å². The van der Waals surface area contributed by atoms with Gasteiger partial charge in [0.05, 0.1) is 0 Å². The summed E-state index contributed by atoms with van der Waals surface area (Å²) in [5.74, 6) is -0.124. The van der Waals surface area contributed by atoms with Gasteiger partial charge >= 0.3 is 0 Å². The summed E-state index contributed by atoms with van der Waals surface area (Å²) in [4.78, 5) is 11.3. The molecule has 0 atom stereocenters. The molecule has 3 nitrogen and oxygen atoms in total. The van der Waals surface area contributed by atoms with Gasteiger partial charge in [0.1, 0.15) is 0 Å². The van der Waals surface area contributed by atoms with Gasteiger partial charge in [0.25, 0.3) is 5.91 Å². The fourth-order valence-corrected chi connectivity index (χ4v) is 1.20. The number of rotatable bonds is 3. The van der Waals surface area contributed by atoms with E-state index in [1.54, 1.807) is 25.2 Å². The average Bonchev–Trinajstić information content (AvgIpc) is 2.14. The third-order valence-corrected chi connectivity index (χ3v) is 1.80. The number of hydrogen-bond acceptors (Lipinski definition) is 2. The second kappa shape index (κ2) is 5.32. The molecule has 0 unspecified atom stereocenters. The van der Waals surface area contributed by atoms with Crippen LogP contribution in [0.2, 0.25) is 0 Å². The van der Waals surface area contributed by atoms with Crippen molar-refractivity contribution in [2.75, 3.05) is 14.1 Å². The molecule has 0 bridgehead atoms. The summed E-state index contributed by atoms with van der Waals surface area (Å²) in [5, 5.41) is 1.61. The summed E-state index contributed by atoms with van der Waals surface area (Å²) in [6.45, 7) is 2.03. The van der Waals surface area contributed by atoms with Crippen molar-refractivity contribution in [3.63, 3.8) is 0 Å². The van der Waals surface area contributed by atoms with Crippen molar-refractivity contribution >= 4 is 12.0 Å². The maximum Gasteiger partial charge on any atom is 0.258 e. The smallest absolute Gasteiger partial charge is 0.258 e. The summed E-state index contributed by atoms with van der Waals surface area (Å²) in [6, 6.07) is 7.99. The van der Waals surface area contributed by atoms with Gasteiger partial charge in [0.15, 0.2) is 0 Å². The van der Waals surface area contributed by atoms with E-state index < -0.39 is 0 Å². The molecule has 0 heterocycles. The largest absolute Gasteiger partial charge is 0.286 e. The topological polar surface area (TPSA) is 32.3 Å². The molecule has 80 valence electrons. The molecule has 3 heteroatoms. The first-order valence-corrected chi connectivity index (χ1v) is 4.80. The lowest BCUT2D eigenvalue weighted by Gasteiger charge is -2.08. The summed E-state index contributed by atoms with van der Waals surface area (Å²) in [5.41, 5.74) is 4.85. The molecule has 0 fully saturated rings. The fraction of sp³-hybridized carbons (Fsp3) is 0.250. The minimum Gasteiger partial charge on any atom is -0.286 e. The molecule has 0 aliphatic heterocycles. The average molecular weight is 204 g/mol. The minimum absolute atomic E-state index is 0.124. The normalized spacial score (nSPS) is 10.9. The van der Waals surface area contributed by atoms with Crippen LogP contribution in [-0.2, 0) is 4.79 Å². The molecule has 0 spiro atoms. The highest BCUT2D eigenvalue weighted by molar-refractivity contribution is 5.91. The summed E-state index contributed by atoms with van der Waals surface area (Å²) in [7, 11) is 3.55. The Morgan fingerprint density at radius 2 is 2.13 bits per heavy atom. The Labute approximate surface area is 90.4 Å². The number of amides is 1. The standard InChI is InChI=1S/C12H16N2O/c1-10-5-4-6-11(9-10)7-8-12(15)13-14(2)3/h4-9H,1-3H3,(H,13,15)/b8-7+. The Morgan fingerprint density at radius 3 is 2.73 bits per heavy atom. The van der Waals surface area contributed by atoms with Crippen LogP contribution in [0.1, 0.15) is 11.1 Å². The van der Waals surface area contributed by atoms with Crippen LogP contribution < -0.4 is 5.43 Å². The van der Waals surface area contributed by atoms with E-state index >= 15 is 0 Å². The predicted octanol–water partition coefficient (Wildman–Crippen LogP) is 1.60. The Kier molecular flexibility index (Phi) is 4.06.